The fourth-order valence-corrected chi connectivity index (χ4v) is 8.75. The standard InChI is InChI=1S/C42H50N10O4/c1-47(25-28-10-12-31(13-11-28)50-20-22-51(23-21-50)36-24-33(45-46-40(36)43)32-7-3-4-9-37(32)53)26-29-16-18-49(19-17-29)27-30-6-5-8-34-39(30)48(2)42(56)52(34)35-14-15-38(54)44-41(35)55/h3-13,24,29,35,53H,14-23,25-27H2,1-2H3,(H2,43,46)(H,44,54,55). The Labute approximate surface area is 326 Å². The van der Waals surface area contributed by atoms with Crippen molar-refractivity contribution in [1.82, 2.24) is 34.4 Å². The number of nitrogens with two attached hydrogens (primary N) is 1. The predicted octanol–water partition coefficient (Wildman–Crippen LogP) is 3.73. The van der Waals surface area contributed by atoms with Gasteiger partial charge in [0.25, 0.3) is 0 Å². The van der Waals surface area contributed by atoms with Gasteiger partial charge in [0.05, 0.1) is 22.4 Å². The zero-order valence-electron chi connectivity index (χ0n) is 32.1. The summed E-state index contributed by atoms with van der Waals surface area (Å²) in [5.74, 6) is 0.463. The normalized spacial score (nSPS) is 18.6. The summed E-state index contributed by atoms with van der Waals surface area (Å²) in [6.07, 6.45) is 2.77. The van der Waals surface area contributed by atoms with Crippen molar-refractivity contribution in [3.05, 3.63) is 94.4 Å². The first-order valence-electron chi connectivity index (χ1n) is 19.6. The molecule has 56 heavy (non-hydrogen) atoms. The number of carbonyl (C=O) groups excluding carboxylic acids is 2. The molecule has 14 heteroatoms. The molecule has 5 heterocycles. The van der Waals surface area contributed by atoms with Gasteiger partial charge >= 0.3 is 5.69 Å². The molecule has 1 unspecified atom stereocenters. The van der Waals surface area contributed by atoms with Crippen molar-refractivity contribution in [1.29, 1.82) is 0 Å². The molecule has 0 spiro atoms. The lowest BCUT2D eigenvalue weighted by atomic mass is 9.95. The number of phenols is 1. The van der Waals surface area contributed by atoms with Gasteiger partial charge in [0, 0.05) is 70.5 Å². The van der Waals surface area contributed by atoms with Gasteiger partial charge < -0.3 is 25.5 Å². The van der Waals surface area contributed by atoms with Crippen LogP contribution in [0.2, 0.25) is 0 Å². The number of amides is 2. The summed E-state index contributed by atoms with van der Waals surface area (Å²) in [5.41, 5.74) is 13.3. The van der Waals surface area contributed by atoms with Crippen molar-refractivity contribution in [3.63, 3.8) is 0 Å². The molecular weight excluding hydrogens is 709 g/mol. The Morgan fingerprint density at radius 3 is 2.34 bits per heavy atom. The molecule has 292 valence electrons. The molecule has 1 atom stereocenters. The molecule has 5 aromatic rings. The zero-order valence-corrected chi connectivity index (χ0v) is 32.1. The van der Waals surface area contributed by atoms with Crippen LogP contribution in [0.15, 0.2) is 77.6 Å². The van der Waals surface area contributed by atoms with Gasteiger partial charge in [-0.2, -0.15) is 0 Å². The highest BCUT2D eigenvalue weighted by Crippen LogP contribution is 2.33. The van der Waals surface area contributed by atoms with Crippen molar-refractivity contribution in [2.24, 2.45) is 13.0 Å². The molecule has 3 aromatic carbocycles. The van der Waals surface area contributed by atoms with Crippen LogP contribution in [0.25, 0.3) is 22.3 Å². The molecule has 2 amide bonds. The lowest BCUT2D eigenvalue weighted by Gasteiger charge is -2.37. The topological polar surface area (TPSA) is 158 Å². The van der Waals surface area contributed by atoms with E-state index in [2.05, 4.69) is 72.5 Å². The van der Waals surface area contributed by atoms with Gasteiger partial charge in [-0.15, -0.1) is 10.2 Å². The number of hydrogen-bond acceptors (Lipinski definition) is 11. The van der Waals surface area contributed by atoms with Crippen LogP contribution in [-0.4, -0.2) is 98.9 Å². The smallest absolute Gasteiger partial charge is 0.329 e. The number of fused-ring (bicyclic) bond motifs is 1. The van der Waals surface area contributed by atoms with Gasteiger partial charge in [-0.05, 0) is 92.8 Å². The van der Waals surface area contributed by atoms with Crippen LogP contribution in [-0.2, 0) is 29.7 Å². The molecule has 2 aromatic heterocycles. The number of benzene rings is 3. The molecule has 0 radical (unpaired) electrons. The molecule has 4 N–H and O–H groups in total. The number of para-hydroxylation sites is 2. The molecule has 14 nitrogen and oxygen atoms in total. The maximum absolute atomic E-state index is 13.4. The third kappa shape index (κ3) is 7.58. The van der Waals surface area contributed by atoms with Gasteiger partial charge in [0.1, 0.15) is 11.8 Å². The van der Waals surface area contributed by atoms with Crippen molar-refractivity contribution in [2.75, 3.05) is 68.4 Å². The molecule has 3 saturated heterocycles. The average molecular weight is 759 g/mol. The lowest BCUT2D eigenvalue weighted by molar-refractivity contribution is -0.135. The summed E-state index contributed by atoms with van der Waals surface area (Å²) < 4.78 is 3.21. The summed E-state index contributed by atoms with van der Waals surface area (Å²) in [7, 11) is 3.97. The number of anilines is 3. The largest absolute Gasteiger partial charge is 0.507 e. The second-order valence-corrected chi connectivity index (χ2v) is 15.5. The number of aromatic nitrogens is 4. The van der Waals surface area contributed by atoms with Gasteiger partial charge in [-0.25, -0.2) is 4.79 Å². The number of piperazine rings is 1. The van der Waals surface area contributed by atoms with E-state index in [0.717, 1.165) is 94.0 Å². The van der Waals surface area contributed by atoms with Crippen LogP contribution in [0.1, 0.15) is 42.9 Å². The Bertz CT molecular complexity index is 2290. The van der Waals surface area contributed by atoms with Crippen LogP contribution in [0.4, 0.5) is 17.2 Å². The molecule has 3 fully saturated rings. The van der Waals surface area contributed by atoms with E-state index in [0.29, 0.717) is 29.4 Å². The lowest BCUT2D eigenvalue weighted by Crippen LogP contribution is -2.46. The maximum Gasteiger partial charge on any atom is 0.329 e. The van der Waals surface area contributed by atoms with Gasteiger partial charge in [0.2, 0.25) is 11.8 Å². The highest BCUT2D eigenvalue weighted by Gasteiger charge is 2.32. The van der Waals surface area contributed by atoms with Gasteiger partial charge in [-0.1, -0.05) is 36.4 Å². The number of phenolic OH excluding ortho intramolecular Hbond substituents is 1. The first-order valence-corrected chi connectivity index (χ1v) is 19.6. The number of likely N-dealkylation sites (tertiary alicyclic amines) is 1. The van der Waals surface area contributed by atoms with Crippen LogP contribution < -0.4 is 26.5 Å². The minimum Gasteiger partial charge on any atom is -0.507 e. The van der Waals surface area contributed by atoms with E-state index >= 15 is 0 Å². The number of nitrogens with one attached hydrogen (secondary N) is 1. The summed E-state index contributed by atoms with van der Waals surface area (Å²) in [6.45, 7) is 7.95. The third-order valence-corrected chi connectivity index (χ3v) is 11.7. The van der Waals surface area contributed by atoms with Crippen LogP contribution in [0.5, 0.6) is 5.75 Å². The summed E-state index contributed by atoms with van der Waals surface area (Å²) >= 11 is 0. The van der Waals surface area contributed by atoms with Crippen molar-refractivity contribution < 1.29 is 14.7 Å². The van der Waals surface area contributed by atoms with E-state index in [1.165, 1.54) is 11.3 Å². The monoisotopic (exact) mass is 758 g/mol. The number of rotatable bonds is 10. The van der Waals surface area contributed by atoms with E-state index in [1.54, 1.807) is 28.3 Å². The Hall–Kier alpha value is -5.73. The van der Waals surface area contributed by atoms with E-state index in [9.17, 15) is 19.5 Å². The Balaban J connectivity index is 0.815. The van der Waals surface area contributed by atoms with Crippen molar-refractivity contribution >= 4 is 40.0 Å². The summed E-state index contributed by atoms with van der Waals surface area (Å²) in [5, 5.41) is 21.1. The van der Waals surface area contributed by atoms with Crippen LogP contribution >= 0.6 is 0 Å². The number of nitrogens with zero attached hydrogens (tertiary/aromatic N) is 8. The predicted molar refractivity (Wildman–Crippen MR) is 217 cm³/mol. The van der Waals surface area contributed by atoms with E-state index in [-0.39, 0.29) is 23.8 Å². The summed E-state index contributed by atoms with van der Waals surface area (Å²) in [6, 6.07) is 23.2. The molecular formula is C42H50N10O4. The number of hydrogen-bond donors (Lipinski definition) is 3. The molecule has 3 aliphatic rings. The second-order valence-electron chi connectivity index (χ2n) is 15.5. The minimum absolute atomic E-state index is 0.166. The zero-order chi connectivity index (χ0) is 38.9. The number of carbonyl (C=O) groups is 2. The first-order chi connectivity index (χ1) is 27.1. The fraction of sp³-hybridized carbons (Fsp3) is 0.405. The quantitative estimate of drug-likeness (QED) is 0.178. The van der Waals surface area contributed by atoms with Gasteiger partial charge in [0.15, 0.2) is 5.82 Å². The number of imidazole rings is 1. The summed E-state index contributed by atoms with van der Waals surface area (Å²) in [4.78, 5) is 47.3. The second kappa shape index (κ2) is 15.8. The Kier molecular flexibility index (Phi) is 10.5. The highest BCUT2D eigenvalue weighted by atomic mass is 16.3. The first kappa shape index (κ1) is 37.2. The van der Waals surface area contributed by atoms with Crippen molar-refractivity contribution in [2.45, 2.75) is 44.8 Å². The minimum atomic E-state index is -0.683. The molecule has 8 rings (SSSR count). The molecule has 0 saturated carbocycles. The fourth-order valence-electron chi connectivity index (χ4n) is 8.75. The third-order valence-electron chi connectivity index (χ3n) is 11.7. The number of aromatic hydroxyl groups is 1. The highest BCUT2D eigenvalue weighted by molar-refractivity contribution is 6.00. The molecule has 0 aliphatic carbocycles. The SMILES string of the molecule is CN(Cc1ccc(N2CCN(c3cc(-c4ccccc4O)nnc3N)CC2)cc1)CC1CCN(Cc2cccc3c2n(C)c(=O)n3C2CCC(=O)NC2=O)CC1. The van der Waals surface area contributed by atoms with E-state index in [4.69, 9.17) is 5.73 Å². The maximum atomic E-state index is 13.4. The molecule has 0 bridgehead atoms. The number of nitrogen functional groups attached to an aromatic ring is 1. The van der Waals surface area contributed by atoms with E-state index < -0.39 is 11.9 Å². The Morgan fingerprint density at radius 2 is 1.61 bits per heavy atom. The number of imide groups is 1. The van der Waals surface area contributed by atoms with E-state index in [1.807, 2.05) is 30.3 Å². The van der Waals surface area contributed by atoms with Crippen molar-refractivity contribution in [3.8, 4) is 17.0 Å². The number of aryl methyl sites for hydroxylation is 1. The molecule has 3 aliphatic heterocycles. The van der Waals surface area contributed by atoms with Gasteiger partial charge in [-0.3, -0.25) is 28.9 Å². The van der Waals surface area contributed by atoms with Crippen LogP contribution in [0.3, 0.4) is 0 Å². The van der Waals surface area contributed by atoms with Crippen LogP contribution in [0, 0.1) is 5.92 Å². The number of piperidine rings is 2. The Morgan fingerprint density at radius 1 is 0.875 bits per heavy atom. The average Bonchev–Trinajstić information content (AvgIpc) is 3.45.